The van der Waals surface area contributed by atoms with Gasteiger partial charge in [-0.25, -0.2) is 0 Å². The third-order valence-electron chi connectivity index (χ3n) is 4.66. The molecular weight excluding hydrogens is 324 g/mol. The molecule has 1 heterocycles. The van der Waals surface area contributed by atoms with E-state index in [2.05, 4.69) is 58.0 Å². The van der Waals surface area contributed by atoms with E-state index in [1.807, 2.05) is 12.1 Å². The van der Waals surface area contributed by atoms with Gasteiger partial charge in [0, 0.05) is 4.88 Å². The van der Waals surface area contributed by atoms with Gasteiger partial charge in [-0.15, -0.1) is 11.3 Å². The Hall–Kier alpha value is -2.19. The molecule has 0 unspecified atom stereocenters. The van der Waals surface area contributed by atoms with E-state index in [1.54, 1.807) is 11.3 Å². The Balaban J connectivity index is 2.15. The normalized spacial score (nSPS) is 10.9. The number of hydrogen-bond acceptors (Lipinski definition) is 2. The van der Waals surface area contributed by atoms with E-state index in [0.717, 1.165) is 28.9 Å². The molecule has 3 rings (SSSR count). The molecule has 3 aromatic rings. The number of hydrogen-bond donors (Lipinski definition) is 0. The van der Waals surface area contributed by atoms with Crippen LogP contribution in [0.2, 0.25) is 0 Å². The van der Waals surface area contributed by atoms with Crippen molar-refractivity contribution in [3.05, 3.63) is 69.6 Å². The number of thiophene rings is 1. The van der Waals surface area contributed by atoms with Crippen LogP contribution in [0.25, 0.3) is 21.6 Å². The summed E-state index contributed by atoms with van der Waals surface area (Å²) < 4.78 is 0. The Labute approximate surface area is 154 Å². The topological polar surface area (TPSA) is 17.1 Å². The number of aryl methyl sites for hydroxylation is 4. The predicted molar refractivity (Wildman–Crippen MR) is 109 cm³/mol. The Morgan fingerprint density at radius 1 is 0.920 bits per heavy atom. The molecule has 128 valence electrons. The van der Waals surface area contributed by atoms with Gasteiger partial charge in [0.15, 0.2) is 6.29 Å². The first kappa shape index (κ1) is 17.6. The molecule has 0 N–H and O–H groups in total. The number of aldehydes is 1. The quantitative estimate of drug-likeness (QED) is 0.473. The van der Waals surface area contributed by atoms with E-state index in [0.29, 0.717) is 0 Å². The lowest BCUT2D eigenvalue weighted by atomic mass is 9.89. The number of rotatable bonds is 5. The summed E-state index contributed by atoms with van der Waals surface area (Å²) in [5.41, 5.74) is 9.24. The molecule has 1 nitrogen and oxygen atoms in total. The number of carbonyl (C=O) groups is 1. The smallest absolute Gasteiger partial charge is 0.160 e. The highest BCUT2D eigenvalue weighted by molar-refractivity contribution is 7.17. The first-order valence-corrected chi connectivity index (χ1v) is 9.67. The third-order valence-corrected chi connectivity index (χ3v) is 5.72. The van der Waals surface area contributed by atoms with Crippen molar-refractivity contribution in [3.8, 4) is 21.6 Å². The van der Waals surface area contributed by atoms with Gasteiger partial charge in [0.05, 0.1) is 4.88 Å². The minimum Gasteiger partial charge on any atom is -0.297 e. The molecule has 1 aromatic heterocycles. The summed E-state index contributed by atoms with van der Waals surface area (Å²) >= 11 is 1.56. The molecule has 0 radical (unpaired) electrons. The second-order valence-electron chi connectivity index (χ2n) is 6.56. The van der Waals surface area contributed by atoms with Gasteiger partial charge in [-0.1, -0.05) is 37.6 Å². The summed E-state index contributed by atoms with van der Waals surface area (Å²) in [5.74, 6) is 0. The van der Waals surface area contributed by atoms with Crippen LogP contribution in [0.5, 0.6) is 0 Å². The van der Waals surface area contributed by atoms with Crippen molar-refractivity contribution < 1.29 is 4.79 Å². The summed E-state index contributed by atoms with van der Waals surface area (Å²) in [6.45, 7) is 8.78. The van der Waals surface area contributed by atoms with Crippen LogP contribution in [0.1, 0.15) is 45.8 Å². The maximum Gasteiger partial charge on any atom is 0.160 e. The standard InChI is InChI=1S/C23H24OS/c1-5-17-9-15(3)10-20(12-17)23-16(4)11-19(13-18(23)6-2)22-8-7-21(14-24)25-22/h7-14H,5-6H2,1-4H3. The highest BCUT2D eigenvalue weighted by Gasteiger charge is 2.13. The fraction of sp³-hybridized carbons (Fsp3) is 0.261. The fourth-order valence-corrected chi connectivity index (χ4v) is 4.29. The molecule has 0 fully saturated rings. The minimum absolute atomic E-state index is 0.779. The van der Waals surface area contributed by atoms with E-state index >= 15 is 0 Å². The van der Waals surface area contributed by atoms with E-state index < -0.39 is 0 Å². The van der Waals surface area contributed by atoms with Crippen molar-refractivity contribution in [1.29, 1.82) is 0 Å². The number of carbonyl (C=O) groups excluding carboxylic acids is 1. The van der Waals surface area contributed by atoms with Crippen molar-refractivity contribution in [2.45, 2.75) is 40.5 Å². The molecule has 2 aromatic carbocycles. The summed E-state index contributed by atoms with van der Waals surface area (Å²) in [5, 5.41) is 0. The summed E-state index contributed by atoms with van der Waals surface area (Å²) in [7, 11) is 0. The van der Waals surface area contributed by atoms with Gasteiger partial charge in [-0.2, -0.15) is 0 Å². The lowest BCUT2D eigenvalue weighted by Gasteiger charge is -2.16. The maximum absolute atomic E-state index is 11.0. The van der Waals surface area contributed by atoms with Crippen molar-refractivity contribution in [1.82, 2.24) is 0 Å². The number of benzene rings is 2. The lowest BCUT2D eigenvalue weighted by molar-refractivity contribution is 0.112. The molecule has 0 atom stereocenters. The van der Waals surface area contributed by atoms with Crippen LogP contribution in [-0.2, 0) is 12.8 Å². The monoisotopic (exact) mass is 348 g/mol. The second kappa shape index (κ2) is 7.37. The third kappa shape index (κ3) is 3.59. The van der Waals surface area contributed by atoms with Crippen LogP contribution in [0, 0.1) is 13.8 Å². The van der Waals surface area contributed by atoms with Crippen LogP contribution < -0.4 is 0 Å². The molecule has 0 aliphatic carbocycles. The minimum atomic E-state index is 0.779. The molecule has 0 bridgehead atoms. The Bertz CT molecular complexity index is 918. The largest absolute Gasteiger partial charge is 0.297 e. The Morgan fingerprint density at radius 3 is 2.36 bits per heavy atom. The van der Waals surface area contributed by atoms with Gasteiger partial charge in [-0.3, -0.25) is 4.79 Å². The van der Waals surface area contributed by atoms with Gasteiger partial charge in [-0.05, 0) is 84.3 Å². The summed E-state index contributed by atoms with van der Waals surface area (Å²) in [6.07, 6.45) is 2.97. The fourth-order valence-electron chi connectivity index (χ4n) is 3.48. The molecule has 0 saturated carbocycles. The van der Waals surface area contributed by atoms with E-state index in [1.165, 1.54) is 38.9 Å². The van der Waals surface area contributed by atoms with Crippen LogP contribution in [0.4, 0.5) is 0 Å². The van der Waals surface area contributed by atoms with Gasteiger partial charge < -0.3 is 0 Å². The molecule has 25 heavy (non-hydrogen) atoms. The van der Waals surface area contributed by atoms with Crippen molar-refractivity contribution in [3.63, 3.8) is 0 Å². The molecule has 0 saturated heterocycles. The van der Waals surface area contributed by atoms with Crippen LogP contribution in [0.3, 0.4) is 0 Å². The van der Waals surface area contributed by atoms with E-state index in [4.69, 9.17) is 0 Å². The molecule has 2 heteroatoms. The first-order chi connectivity index (χ1) is 12.0. The lowest BCUT2D eigenvalue weighted by Crippen LogP contribution is -1.95. The van der Waals surface area contributed by atoms with Crippen LogP contribution >= 0.6 is 11.3 Å². The average Bonchev–Trinajstić information content (AvgIpc) is 3.09. The van der Waals surface area contributed by atoms with Crippen molar-refractivity contribution in [2.75, 3.05) is 0 Å². The Morgan fingerprint density at radius 2 is 1.72 bits per heavy atom. The zero-order chi connectivity index (χ0) is 18.0. The second-order valence-corrected chi connectivity index (χ2v) is 7.68. The van der Waals surface area contributed by atoms with Gasteiger partial charge in [0.1, 0.15) is 0 Å². The van der Waals surface area contributed by atoms with Crippen molar-refractivity contribution >= 4 is 17.6 Å². The SMILES string of the molecule is CCc1cc(C)cc(-c2c(C)cc(-c3ccc(C=O)s3)cc2CC)c1. The van der Waals surface area contributed by atoms with Crippen molar-refractivity contribution in [2.24, 2.45) is 0 Å². The molecular formula is C23H24OS. The van der Waals surface area contributed by atoms with Gasteiger partial charge in [0.25, 0.3) is 0 Å². The first-order valence-electron chi connectivity index (χ1n) is 8.85. The van der Waals surface area contributed by atoms with E-state index in [-0.39, 0.29) is 0 Å². The maximum atomic E-state index is 11.0. The predicted octanol–water partition coefficient (Wildman–Crippen LogP) is 6.64. The summed E-state index contributed by atoms with van der Waals surface area (Å²) in [4.78, 5) is 12.9. The highest BCUT2D eigenvalue weighted by atomic mass is 32.1. The van der Waals surface area contributed by atoms with E-state index in [9.17, 15) is 4.79 Å². The molecule has 0 spiro atoms. The zero-order valence-electron chi connectivity index (χ0n) is 15.3. The average molecular weight is 349 g/mol. The van der Waals surface area contributed by atoms with Gasteiger partial charge >= 0.3 is 0 Å². The summed E-state index contributed by atoms with van der Waals surface area (Å²) in [6, 6.07) is 15.4. The van der Waals surface area contributed by atoms with Crippen LogP contribution in [-0.4, -0.2) is 6.29 Å². The molecule has 0 aliphatic rings. The molecule has 0 aliphatic heterocycles. The van der Waals surface area contributed by atoms with Crippen LogP contribution in [0.15, 0.2) is 42.5 Å². The zero-order valence-corrected chi connectivity index (χ0v) is 16.2. The Kier molecular flexibility index (Phi) is 5.19. The highest BCUT2D eigenvalue weighted by Crippen LogP contribution is 2.36. The van der Waals surface area contributed by atoms with Gasteiger partial charge in [0.2, 0.25) is 0 Å². The molecule has 0 amide bonds.